The second-order valence-electron chi connectivity index (χ2n) is 8.76. The lowest BCUT2D eigenvalue weighted by molar-refractivity contribution is -0.140. The minimum absolute atomic E-state index is 0.0503. The summed E-state index contributed by atoms with van der Waals surface area (Å²) in [5.74, 6) is -0.811. The molecular weight excluding hydrogens is 448 g/mol. The number of nitrogens with zero attached hydrogens (tertiary/aromatic N) is 2. The highest BCUT2D eigenvalue weighted by Crippen LogP contribution is 2.40. The van der Waals surface area contributed by atoms with Crippen molar-refractivity contribution in [2.75, 3.05) is 46.0 Å². The van der Waals surface area contributed by atoms with Crippen molar-refractivity contribution in [3.63, 3.8) is 0 Å². The van der Waals surface area contributed by atoms with Gasteiger partial charge in [0.2, 0.25) is 0 Å². The third-order valence-corrected chi connectivity index (χ3v) is 6.33. The molecule has 2 aliphatic rings. The zero-order chi connectivity index (χ0) is 24.8. The third kappa shape index (κ3) is 5.66. The predicted octanol–water partition coefficient (Wildman–Crippen LogP) is 3.33. The molecule has 35 heavy (non-hydrogen) atoms. The maximum Gasteiger partial charge on any atom is 0.295 e. The van der Waals surface area contributed by atoms with Gasteiger partial charge in [-0.05, 0) is 54.8 Å². The van der Waals surface area contributed by atoms with Crippen LogP contribution in [0.25, 0.3) is 5.76 Å². The van der Waals surface area contributed by atoms with Gasteiger partial charge in [-0.15, -0.1) is 0 Å². The molecule has 2 heterocycles. The first-order valence-corrected chi connectivity index (χ1v) is 12.1. The van der Waals surface area contributed by atoms with E-state index in [9.17, 15) is 19.8 Å². The molecule has 0 radical (unpaired) electrons. The van der Waals surface area contributed by atoms with Gasteiger partial charge >= 0.3 is 0 Å². The van der Waals surface area contributed by atoms with Gasteiger partial charge in [0, 0.05) is 31.7 Å². The van der Waals surface area contributed by atoms with Gasteiger partial charge in [-0.25, -0.2) is 0 Å². The Morgan fingerprint density at radius 1 is 1.03 bits per heavy atom. The summed E-state index contributed by atoms with van der Waals surface area (Å²) in [5, 5.41) is 20.9. The second kappa shape index (κ2) is 11.4. The fraction of sp³-hybridized carbons (Fsp3) is 0.407. The van der Waals surface area contributed by atoms with Gasteiger partial charge in [-0.3, -0.25) is 14.5 Å². The Balaban J connectivity index is 1.63. The fourth-order valence-electron chi connectivity index (χ4n) is 4.49. The summed E-state index contributed by atoms with van der Waals surface area (Å²) in [5.41, 5.74) is 1.14. The highest BCUT2D eigenvalue weighted by Gasteiger charge is 2.45. The van der Waals surface area contributed by atoms with Crippen molar-refractivity contribution in [2.24, 2.45) is 0 Å². The number of hydrogen-bond acceptors (Lipinski definition) is 7. The monoisotopic (exact) mass is 480 g/mol. The van der Waals surface area contributed by atoms with Gasteiger partial charge < -0.3 is 24.6 Å². The molecule has 4 rings (SSSR count). The van der Waals surface area contributed by atoms with Crippen molar-refractivity contribution in [1.82, 2.24) is 9.80 Å². The number of hydrogen-bond donors (Lipinski definition) is 2. The van der Waals surface area contributed by atoms with Crippen LogP contribution >= 0.6 is 0 Å². The van der Waals surface area contributed by atoms with Crippen LogP contribution in [0.15, 0.2) is 54.1 Å². The van der Waals surface area contributed by atoms with Crippen molar-refractivity contribution < 1.29 is 29.3 Å². The first-order valence-electron chi connectivity index (χ1n) is 12.1. The first kappa shape index (κ1) is 24.8. The van der Waals surface area contributed by atoms with Crippen LogP contribution in [0.2, 0.25) is 0 Å². The van der Waals surface area contributed by atoms with E-state index in [1.807, 2.05) is 6.92 Å². The number of carbonyl (C=O) groups is 2. The maximum atomic E-state index is 13.1. The Morgan fingerprint density at radius 2 is 1.71 bits per heavy atom. The molecule has 0 bridgehead atoms. The molecule has 2 aromatic rings. The molecule has 186 valence electrons. The minimum Gasteiger partial charge on any atom is -0.508 e. The lowest BCUT2D eigenvalue weighted by atomic mass is 9.95. The standard InChI is InChI=1S/C27H32N2O6/c1-2-16-35-22-10-6-20(7-11-22)25(31)23-24(19-4-8-21(30)9-5-19)29(27(33)26(23)32)13-3-12-28-14-17-34-18-15-28/h4-11,24,30-31H,2-3,12-18H2,1H3/b25-23+. The largest absolute Gasteiger partial charge is 0.508 e. The van der Waals surface area contributed by atoms with Crippen LogP contribution in [0.3, 0.4) is 0 Å². The number of carbonyl (C=O) groups excluding carboxylic acids is 2. The molecule has 8 nitrogen and oxygen atoms in total. The Hall–Kier alpha value is -3.36. The number of phenolic OH excluding ortho intramolecular Hbond substituents is 1. The van der Waals surface area contributed by atoms with E-state index in [4.69, 9.17) is 9.47 Å². The molecule has 2 saturated heterocycles. The van der Waals surface area contributed by atoms with Crippen molar-refractivity contribution in [3.05, 3.63) is 65.2 Å². The lowest BCUT2D eigenvalue weighted by Gasteiger charge is -2.29. The summed E-state index contributed by atoms with van der Waals surface area (Å²) in [6.07, 6.45) is 1.56. The Bertz CT molecular complexity index is 1060. The van der Waals surface area contributed by atoms with E-state index in [0.717, 1.165) is 26.1 Å². The number of aliphatic hydroxyl groups is 1. The number of ether oxygens (including phenoxy) is 2. The SMILES string of the molecule is CCCOc1ccc(/C(O)=C2\C(=O)C(=O)N(CCCN3CCOCC3)C2c2ccc(O)cc2)cc1. The Kier molecular flexibility index (Phi) is 8.05. The molecule has 2 aromatic carbocycles. The number of benzene rings is 2. The van der Waals surface area contributed by atoms with Gasteiger partial charge in [-0.2, -0.15) is 0 Å². The average Bonchev–Trinajstić information content (AvgIpc) is 3.13. The van der Waals surface area contributed by atoms with Gasteiger partial charge in [0.05, 0.1) is 31.4 Å². The molecule has 2 N–H and O–H groups in total. The number of aromatic hydroxyl groups is 1. The minimum atomic E-state index is -0.740. The number of morpholine rings is 1. The average molecular weight is 481 g/mol. The van der Waals surface area contributed by atoms with Gasteiger partial charge in [0.25, 0.3) is 11.7 Å². The molecule has 0 saturated carbocycles. The molecule has 0 spiro atoms. The highest BCUT2D eigenvalue weighted by atomic mass is 16.5. The molecule has 0 aromatic heterocycles. The topological polar surface area (TPSA) is 99.5 Å². The summed E-state index contributed by atoms with van der Waals surface area (Å²) in [7, 11) is 0. The fourth-order valence-corrected chi connectivity index (χ4v) is 4.49. The molecule has 2 fully saturated rings. The van der Waals surface area contributed by atoms with Gasteiger partial charge in [-0.1, -0.05) is 19.1 Å². The van der Waals surface area contributed by atoms with Crippen LogP contribution in [0.4, 0.5) is 0 Å². The Labute approximate surface area is 205 Å². The number of Topliss-reactive ketones (excluding diaryl/α,β-unsaturated/α-hetero) is 1. The van der Waals surface area contributed by atoms with Crippen molar-refractivity contribution in [3.8, 4) is 11.5 Å². The summed E-state index contributed by atoms with van der Waals surface area (Å²) < 4.78 is 11.0. The number of phenols is 1. The first-order chi connectivity index (χ1) is 17.0. The highest BCUT2D eigenvalue weighted by molar-refractivity contribution is 6.46. The second-order valence-corrected chi connectivity index (χ2v) is 8.76. The zero-order valence-corrected chi connectivity index (χ0v) is 20.0. The smallest absolute Gasteiger partial charge is 0.295 e. The normalized spacial score (nSPS) is 20.4. The number of rotatable bonds is 9. The lowest BCUT2D eigenvalue weighted by Crippen LogP contribution is -2.38. The van der Waals surface area contributed by atoms with Crippen LogP contribution in [0.5, 0.6) is 11.5 Å². The van der Waals surface area contributed by atoms with Crippen LogP contribution in [-0.4, -0.2) is 77.7 Å². The van der Waals surface area contributed by atoms with E-state index in [-0.39, 0.29) is 17.1 Å². The molecule has 1 amide bonds. The molecule has 1 atom stereocenters. The van der Waals surface area contributed by atoms with E-state index in [1.54, 1.807) is 36.4 Å². The van der Waals surface area contributed by atoms with Crippen LogP contribution in [-0.2, 0) is 14.3 Å². The zero-order valence-electron chi connectivity index (χ0n) is 20.0. The van der Waals surface area contributed by atoms with E-state index in [1.165, 1.54) is 17.0 Å². The van der Waals surface area contributed by atoms with Crippen LogP contribution in [0.1, 0.15) is 36.9 Å². The Morgan fingerprint density at radius 3 is 2.37 bits per heavy atom. The van der Waals surface area contributed by atoms with E-state index < -0.39 is 17.7 Å². The summed E-state index contributed by atoms with van der Waals surface area (Å²) in [4.78, 5) is 30.0. The number of aliphatic hydroxyl groups excluding tert-OH is 1. The van der Waals surface area contributed by atoms with Crippen molar-refractivity contribution in [2.45, 2.75) is 25.8 Å². The molecule has 1 unspecified atom stereocenters. The van der Waals surface area contributed by atoms with Gasteiger partial charge in [0.15, 0.2) is 0 Å². The maximum absolute atomic E-state index is 13.1. The molecule has 2 aliphatic heterocycles. The molecule has 8 heteroatoms. The van der Waals surface area contributed by atoms with E-state index >= 15 is 0 Å². The summed E-state index contributed by atoms with van der Waals surface area (Å²) >= 11 is 0. The van der Waals surface area contributed by atoms with E-state index in [2.05, 4.69) is 4.90 Å². The number of ketones is 1. The van der Waals surface area contributed by atoms with E-state index in [0.29, 0.717) is 49.7 Å². The number of likely N-dealkylation sites (tertiary alicyclic amines) is 1. The summed E-state index contributed by atoms with van der Waals surface area (Å²) in [6, 6.07) is 12.5. The van der Waals surface area contributed by atoms with Crippen molar-refractivity contribution >= 4 is 17.4 Å². The quantitative estimate of drug-likeness (QED) is 0.323. The molecule has 0 aliphatic carbocycles. The van der Waals surface area contributed by atoms with Crippen molar-refractivity contribution in [1.29, 1.82) is 0 Å². The third-order valence-electron chi connectivity index (χ3n) is 6.33. The van der Waals surface area contributed by atoms with Crippen LogP contribution in [0, 0.1) is 0 Å². The van der Waals surface area contributed by atoms with Gasteiger partial charge in [0.1, 0.15) is 17.3 Å². The molecular formula is C27H32N2O6. The number of amides is 1. The van der Waals surface area contributed by atoms with Crippen LogP contribution < -0.4 is 4.74 Å². The summed E-state index contributed by atoms with van der Waals surface area (Å²) in [6.45, 7) is 6.84. The predicted molar refractivity (Wildman–Crippen MR) is 131 cm³/mol.